The summed E-state index contributed by atoms with van der Waals surface area (Å²) in [4.78, 5) is 24.7. The molecular weight excluding hydrogens is 454 g/mol. The molecule has 2 N–H and O–H groups in total. The highest BCUT2D eigenvalue weighted by molar-refractivity contribution is 5.91. The lowest BCUT2D eigenvalue weighted by Gasteiger charge is -2.12. The summed E-state index contributed by atoms with van der Waals surface area (Å²) in [7, 11) is 0. The lowest BCUT2D eigenvalue weighted by atomic mass is 10.1. The average molecular weight is 482 g/mol. The molecule has 0 spiro atoms. The van der Waals surface area contributed by atoms with Crippen molar-refractivity contribution in [1.82, 2.24) is 20.3 Å². The second kappa shape index (κ2) is 11.8. The van der Waals surface area contributed by atoms with Crippen LogP contribution in [0.4, 0.5) is 11.5 Å². The fourth-order valence-electron chi connectivity index (χ4n) is 3.39. The predicted molar refractivity (Wildman–Crippen MR) is 139 cm³/mol. The van der Waals surface area contributed by atoms with Crippen LogP contribution in [0.5, 0.6) is 11.5 Å². The maximum Gasteiger partial charge on any atom is 0.246 e. The summed E-state index contributed by atoms with van der Waals surface area (Å²) >= 11 is 0. The molecule has 182 valence electrons. The fraction of sp³-hybridized carbons (Fsp3) is 0.214. The third-order valence-electron chi connectivity index (χ3n) is 5.23. The number of nitrogens with zero attached hydrogens (tertiary/aromatic N) is 3. The normalized spacial score (nSPS) is 10.4. The van der Waals surface area contributed by atoms with Gasteiger partial charge in [0.25, 0.3) is 0 Å². The van der Waals surface area contributed by atoms with Crippen LogP contribution in [-0.2, 0) is 9.53 Å². The molecule has 4 rings (SSSR count). The van der Waals surface area contributed by atoms with E-state index in [9.17, 15) is 4.79 Å². The zero-order valence-electron chi connectivity index (χ0n) is 20.5. The van der Waals surface area contributed by atoms with Crippen LogP contribution in [0.25, 0.3) is 10.9 Å². The van der Waals surface area contributed by atoms with E-state index in [-0.39, 0.29) is 19.1 Å². The molecule has 0 aliphatic rings. The van der Waals surface area contributed by atoms with E-state index in [1.54, 1.807) is 6.20 Å². The molecule has 0 atom stereocenters. The van der Waals surface area contributed by atoms with Crippen LogP contribution in [-0.4, -0.2) is 40.6 Å². The number of aromatic nitrogens is 3. The van der Waals surface area contributed by atoms with Gasteiger partial charge < -0.3 is 20.1 Å². The molecule has 0 aliphatic carbocycles. The summed E-state index contributed by atoms with van der Waals surface area (Å²) in [5.74, 6) is 7.96. The molecule has 0 aliphatic heterocycles. The van der Waals surface area contributed by atoms with Crippen molar-refractivity contribution in [2.24, 2.45) is 0 Å². The van der Waals surface area contributed by atoms with E-state index in [1.807, 2.05) is 69.3 Å². The Morgan fingerprint density at radius 1 is 1.03 bits per heavy atom. The van der Waals surface area contributed by atoms with E-state index in [1.165, 1.54) is 6.33 Å². The Kier molecular flexibility index (Phi) is 8.06. The number of aryl methyl sites for hydroxylation is 2. The van der Waals surface area contributed by atoms with Gasteiger partial charge in [-0.15, -0.1) is 0 Å². The first-order valence-corrected chi connectivity index (χ1v) is 11.6. The molecule has 8 heteroatoms. The maximum absolute atomic E-state index is 11.6. The molecule has 2 heterocycles. The molecule has 4 aromatic rings. The highest BCUT2D eigenvalue weighted by atomic mass is 16.5. The van der Waals surface area contributed by atoms with Crippen molar-refractivity contribution >= 4 is 28.3 Å². The van der Waals surface area contributed by atoms with Crippen molar-refractivity contribution in [2.75, 3.05) is 25.1 Å². The first-order chi connectivity index (χ1) is 17.5. The number of carbonyl (C=O) groups excluding carboxylic acids is 1. The molecule has 0 saturated carbocycles. The molecular formula is C28H27N5O3. The van der Waals surface area contributed by atoms with E-state index in [0.29, 0.717) is 18.2 Å². The predicted octanol–water partition coefficient (Wildman–Crippen LogP) is 4.68. The molecule has 0 unspecified atom stereocenters. The van der Waals surface area contributed by atoms with E-state index in [2.05, 4.69) is 37.4 Å². The molecule has 8 nitrogen and oxygen atoms in total. The van der Waals surface area contributed by atoms with Gasteiger partial charge in [0, 0.05) is 28.9 Å². The minimum atomic E-state index is -0.188. The van der Waals surface area contributed by atoms with E-state index in [4.69, 9.17) is 9.47 Å². The maximum atomic E-state index is 11.6. The Hall–Kier alpha value is -4.48. The second-order valence-corrected chi connectivity index (χ2v) is 8.01. The fourth-order valence-corrected chi connectivity index (χ4v) is 3.39. The van der Waals surface area contributed by atoms with Gasteiger partial charge in [0.15, 0.2) is 0 Å². The Labute approximate surface area is 210 Å². The largest absolute Gasteiger partial charge is 0.455 e. The SMILES string of the molecule is CCOCC(=O)NCC#Cc1ccc2ncnc(Nc3ccc(Oc4ccc(C)nc4)c(C)c3)c2c1. The number of benzene rings is 2. The van der Waals surface area contributed by atoms with E-state index < -0.39 is 0 Å². The quantitative estimate of drug-likeness (QED) is 0.353. The van der Waals surface area contributed by atoms with Crippen molar-refractivity contribution < 1.29 is 14.3 Å². The molecule has 0 fully saturated rings. The van der Waals surface area contributed by atoms with Gasteiger partial charge in [-0.25, -0.2) is 9.97 Å². The Morgan fingerprint density at radius 2 is 1.92 bits per heavy atom. The van der Waals surface area contributed by atoms with Crippen LogP contribution in [0, 0.1) is 25.7 Å². The number of ether oxygens (including phenoxy) is 2. The summed E-state index contributed by atoms with van der Waals surface area (Å²) in [6.45, 7) is 6.54. The summed E-state index contributed by atoms with van der Waals surface area (Å²) in [5.41, 5.74) is 4.37. The standard InChI is InChI=1S/C28H27N5O3/c1-4-35-17-27(34)29-13-5-6-21-8-11-25-24(15-21)28(32-18-31-25)33-22-9-12-26(19(2)14-22)36-23-10-7-20(3)30-16-23/h7-12,14-16,18H,4,13,17H2,1-3H3,(H,29,34)(H,31,32,33). The minimum Gasteiger partial charge on any atom is -0.455 e. The number of amides is 1. The Balaban J connectivity index is 1.48. The van der Waals surface area contributed by atoms with E-state index in [0.717, 1.165) is 39.2 Å². The third kappa shape index (κ3) is 6.56. The van der Waals surface area contributed by atoms with Gasteiger partial charge >= 0.3 is 0 Å². The topological polar surface area (TPSA) is 98.3 Å². The first-order valence-electron chi connectivity index (χ1n) is 11.6. The number of rotatable bonds is 8. The van der Waals surface area contributed by atoms with Crippen molar-refractivity contribution in [1.29, 1.82) is 0 Å². The van der Waals surface area contributed by atoms with Crippen molar-refractivity contribution in [3.63, 3.8) is 0 Å². The number of hydrogen-bond donors (Lipinski definition) is 2. The molecule has 36 heavy (non-hydrogen) atoms. The number of hydrogen-bond acceptors (Lipinski definition) is 7. The van der Waals surface area contributed by atoms with Crippen LogP contribution in [0.3, 0.4) is 0 Å². The highest BCUT2D eigenvalue weighted by Gasteiger charge is 2.08. The van der Waals surface area contributed by atoms with Gasteiger partial charge in [-0.3, -0.25) is 9.78 Å². The van der Waals surface area contributed by atoms with Gasteiger partial charge in [0.1, 0.15) is 30.3 Å². The average Bonchev–Trinajstić information content (AvgIpc) is 2.88. The molecule has 2 aromatic carbocycles. The van der Waals surface area contributed by atoms with Crippen molar-refractivity contribution in [3.05, 3.63) is 77.9 Å². The lowest BCUT2D eigenvalue weighted by molar-refractivity contribution is -0.125. The number of carbonyl (C=O) groups is 1. The van der Waals surface area contributed by atoms with Gasteiger partial charge in [-0.2, -0.15) is 0 Å². The molecule has 0 radical (unpaired) electrons. The zero-order valence-corrected chi connectivity index (χ0v) is 20.5. The molecule has 0 saturated heterocycles. The van der Waals surface area contributed by atoms with Crippen LogP contribution >= 0.6 is 0 Å². The van der Waals surface area contributed by atoms with Crippen LogP contribution < -0.4 is 15.4 Å². The van der Waals surface area contributed by atoms with Gasteiger partial charge in [-0.05, 0) is 74.9 Å². The Bertz CT molecular complexity index is 1430. The molecule has 1 amide bonds. The van der Waals surface area contributed by atoms with Gasteiger partial charge in [-0.1, -0.05) is 11.8 Å². The lowest BCUT2D eigenvalue weighted by Crippen LogP contribution is -2.27. The summed E-state index contributed by atoms with van der Waals surface area (Å²) < 4.78 is 11.0. The summed E-state index contributed by atoms with van der Waals surface area (Å²) in [5, 5.41) is 6.93. The zero-order chi connectivity index (χ0) is 25.3. The number of pyridine rings is 1. The van der Waals surface area contributed by atoms with Crippen LogP contribution in [0.15, 0.2) is 61.1 Å². The summed E-state index contributed by atoms with van der Waals surface area (Å²) in [6, 6.07) is 15.4. The van der Waals surface area contributed by atoms with E-state index >= 15 is 0 Å². The number of nitrogens with one attached hydrogen (secondary N) is 2. The van der Waals surface area contributed by atoms with Crippen LogP contribution in [0.2, 0.25) is 0 Å². The second-order valence-electron chi connectivity index (χ2n) is 8.01. The van der Waals surface area contributed by atoms with Gasteiger partial charge in [0.2, 0.25) is 5.91 Å². The smallest absolute Gasteiger partial charge is 0.246 e. The van der Waals surface area contributed by atoms with Crippen molar-refractivity contribution in [2.45, 2.75) is 20.8 Å². The number of anilines is 2. The molecule has 0 bridgehead atoms. The van der Waals surface area contributed by atoms with Crippen molar-refractivity contribution in [3.8, 4) is 23.3 Å². The first kappa shape index (κ1) is 24.6. The monoisotopic (exact) mass is 481 g/mol. The summed E-state index contributed by atoms with van der Waals surface area (Å²) in [6.07, 6.45) is 3.24. The van der Waals surface area contributed by atoms with Gasteiger partial charge in [0.05, 0.1) is 18.3 Å². The Morgan fingerprint density at radius 3 is 2.69 bits per heavy atom. The molecule has 2 aromatic heterocycles. The highest BCUT2D eigenvalue weighted by Crippen LogP contribution is 2.29. The minimum absolute atomic E-state index is 0.0380. The third-order valence-corrected chi connectivity index (χ3v) is 5.23. The van der Waals surface area contributed by atoms with Crippen LogP contribution in [0.1, 0.15) is 23.7 Å². The number of fused-ring (bicyclic) bond motifs is 1.